The molecule has 1 saturated heterocycles. The molecule has 0 unspecified atom stereocenters. The second-order valence-corrected chi connectivity index (χ2v) is 8.68. The summed E-state index contributed by atoms with van der Waals surface area (Å²) in [5.41, 5.74) is -0.144. The molecule has 0 bridgehead atoms. The smallest absolute Gasteiger partial charge is 0.267 e. The third-order valence-electron chi connectivity index (χ3n) is 4.95. The first-order valence-electron chi connectivity index (χ1n) is 9.44. The number of para-hydroxylation sites is 1. The van der Waals surface area contributed by atoms with Crippen molar-refractivity contribution in [3.63, 3.8) is 0 Å². The third kappa shape index (κ3) is 4.14. The van der Waals surface area contributed by atoms with Gasteiger partial charge in [-0.15, -0.1) is 0 Å². The highest BCUT2D eigenvalue weighted by atomic mass is 32.2. The molecular weight excluding hydrogens is 399 g/mol. The van der Waals surface area contributed by atoms with Gasteiger partial charge in [0.2, 0.25) is 6.10 Å². The first-order chi connectivity index (χ1) is 13.9. The number of piperidine rings is 1. The molecular formula is C20H21FN2O5S. The molecule has 2 aliphatic heterocycles. The fourth-order valence-electron chi connectivity index (χ4n) is 3.41. The molecule has 1 fully saturated rings. The van der Waals surface area contributed by atoms with Crippen LogP contribution in [0.4, 0.5) is 10.1 Å². The zero-order valence-corrected chi connectivity index (χ0v) is 16.5. The Morgan fingerprint density at radius 3 is 2.59 bits per heavy atom. The lowest BCUT2D eigenvalue weighted by Crippen LogP contribution is -2.48. The van der Waals surface area contributed by atoms with Gasteiger partial charge in [-0.3, -0.25) is 9.52 Å². The first kappa shape index (κ1) is 19.5. The van der Waals surface area contributed by atoms with Crippen molar-refractivity contribution in [1.29, 1.82) is 0 Å². The number of amides is 1. The van der Waals surface area contributed by atoms with Crippen LogP contribution in [-0.2, 0) is 14.8 Å². The van der Waals surface area contributed by atoms with E-state index in [1.807, 2.05) is 0 Å². The Morgan fingerprint density at radius 1 is 1.07 bits per heavy atom. The molecule has 0 spiro atoms. The molecule has 2 aromatic carbocycles. The van der Waals surface area contributed by atoms with Crippen molar-refractivity contribution in [2.45, 2.75) is 30.3 Å². The number of ether oxygens (including phenoxy) is 2. The van der Waals surface area contributed by atoms with Crippen molar-refractivity contribution in [2.75, 3.05) is 24.4 Å². The lowest BCUT2D eigenvalue weighted by atomic mass is 10.1. The molecule has 0 saturated carbocycles. The summed E-state index contributed by atoms with van der Waals surface area (Å²) in [6.45, 7) is 1.43. The average Bonchev–Trinajstić information content (AvgIpc) is 2.74. The Labute approximate surface area is 168 Å². The summed E-state index contributed by atoms with van der Waals surface area (Å²) in [7, 11) is -4.02. The molecule has 0 aliphatic carbocycles. The van der Waals surface area contributed by atoms with E-state index in [0.29, 0.717) is 18.8 Å². The van der Waals surface area contributed by atoms with E-state index in [1.54, 1.807) is 4.90 Å². The summed E-state index contributed by atoms with van der Waals surface area (Å²) in [6, 6.07) is 9.59. The van der Waals surface area contributed by atoms with Gasteiger partial charge in [0, 0.05) is 19.2 Å². The number of hydrogen-bond donors (Lipinski definition) is 1. The van der Waals surface area contributed by atoms with Gasteiger partial charge >= 0.3 is 0 Å². The number of fused-ring (bicyclic) bond motifs is 1. The fraction of sp³-hybridized carbons (Fsp3) is 0.350. The molecule has 7 nitrogen and oxygen atoms in total. The number of carbonyl (C=O) groups is 1. The molecule has 1 amide bonds. The van der Waals surface area contributed by atoms with Crippen LogP contribution < -0.4 is 14.2 Å². The SMILES string of the molecule is O=C([C@H]1COc2cc(S(=O)(=O)Nc3ccccc3F)ccc2O1)N1CCCCC1. The van der Waals surface area contributed by atoms with Crippen molar-refractivity contribution in [3.8, 4) is 11.5 Å². The summed E-state index contributed by atoms with van der Waals surface area (Å²) < 4.78 is 52.5. The predicted molar refractivity (Wildman–Crippen MR) is 104 cm³/mol. The van der Waals surface area contributed by atoms with Gasteiger partial charge in [-0.1, -0.05) is 12.1 Å². The highest BCUT2D eigenvalue weighted by Crippen LogP contribution is 2.35. The van der Waals surface area contributed by atoms with Crippen LogP contribution in [0.15, 0.2) is 47.4 Å². The number of nitrogens with one attached hydrogen (secondary N) is 1. The van der Waals surface area contributed by atoms with Crippen LogP contribution >= 0.6 is 0 Å². The predicted octanol–water partition coefficient (Wildman–Crippen LogP) is 2.78. The molecule has 1 N–H and O–H groups in total. The van der Waals surface area contributed by atoms with E-state index in [0.717, 1.165) is 19.3 Å². The van der Waals surface area contributed by atoms with Gasteiger partial charge in [0.15, 0.2) is 11.5 Å². The third-order valence-corrected chi connectivity index (χ3v) is 6.31. The summed E-state index contributed by atoms with van der Waals surface area (Å²) in [5.74, 6) is -0.262. The second-order valence-electron chi connectivity index (χ2n) is 7.00. The summed E-state index contributed by atoms with van der Waals surface area (Å²) in [4.78, 5) is 14.3. The Kier molecular flexibility index (Phi) is 5.31. The highest BCUT2D eigenvalue weighted by molar-refractivity contribution is 7.92. The Bertz CT molecular complexity index is 1020. The normalized spacial score (nSPS) is 18.9. The van der Waals surface area contributed by atoms with E-state index >= 15 is 0 Å². The largest absolute Gasteiger partial charge is 0.485 e. The maximum atomic E-state index is 13.8. The van der Waals surface area contributed by atoms with E-state index < -0.39 is 21.9 Å². The van der Waals surface area contributed by atoms with Gasteiger partial charge in [-0.2, -0.15) is 0 Å². The van der Waals surface area contributed by atoms with Crippen LogP contribution in [0.3, 0.4) is 0 Å². The number of benzene rings is 2. The number of carbonyl (C=O) groups excluding carboxylic acids is 1. The first-order valence-corrected chi connectivity index (χ1v) is 10.9. The zero-order chi connectivity index (χ0) is 20.4. The van der Waals surface area contributed by atoms with Gasteiger partial charge in [-0.25, -0.2) is 12.8 Å². The van der Waals surface area contributed by atoms with Gasteiger partial charge < -0.3 is 14.4 Å². The van der Waals surface area contributed by atoms with Crippen molar-refractivity contribution < 1.29 is 27.1 Å². The summed E-state index contributed by atoms with van der Waals surface area (Å²) in [5, 5.41) is 0. The summed E-state index contributed by atoms with van der Waals surface area (Å²) >= 11 is 0. The van der Waals surface area contributed by atoms with E-state index in [-0.39, 0.29) is 28.8 Å². The van der Waals surface area contributed by atoms with Crippen molar-refractivity contribution >= 4 is 21.6 Å². The fourth-order valence-corrected chi connectivity index (χ4v) is 4.49. The van der Waals surface area contributed by atoms with Crippen LogP contribution in [0.5, 0.6) is 11.5 Å². The van der Waals surface area contributed by atoms with Crippen LogP contribution in [0, 0.1) is 5.82 Å². The van der Waals surface area contributed by atoms with Crippen molar-refractivity contribution in [3.05, 3.63) is 48.3 Å². The minimum absolute atomic E-state index is 0.00652. The van der Waals surface area contributed by atoms with Crippen molar-refractivity contribution in [1.82, 2.24) is 4.90 Å². The Morgan fingerprint density at radius 2 is 1.83 bits per heavy atom. The minimum Gasteiger partial charge on any atom is -0.485 e. The molecule has 29 heavy (non-hydrogen) atoms. The van der Waals surface area contributed by atoms with Gasteiger partial charge in [-0.05, 0) is 43.5 Å². The number of anilines is 1. The summed E-state index contributed by atoms with van der Waals surface area (Å²) in [6.07, 6.45) is 2.32. The second kappa shape index (κ2) is 7.90. The number of sulfonamides is 1. The van der Waals surface area contributed by atoms with Crippen LogP contribution in [0.2, 0.25) is 0 Å². The van der Waals surface area contributed by atoms with Crippen LogP contribution in [-0.4, -0.2) is 45.0 Å². The van der Waals surface area contributed by atoms with E-state index in [4.69, 9.17) is 9.47 Å². The number of halogens is 1. The van der Waals surface area contributed by atoms with E-state index in [1.165, 1.54) is 42.5 Å². The van der Waals surface area contributed by atoms with Crippen molar-refractivity contribution in [2.24, 2.45) is 0 Å². The number of nitrogens with zero attached hydrogens (tertiary/aromatic N) is 1. The van der Waals surface area contributed by atoms with Crippen LogP contribution in [0.1, 0.15) is 19.3 Å². The van der Waals surface area contributed by atoms with E-state index in [2.05, 4.69) is 4.72 Å². The molecule has 1 atom stereocenters. The van der Waals surface area contributed by atoms with Gasteiger partial charge in [0.25, 0.3) is 15.9 Å². The molecule has 2 heterocycles. The van der Waals surface area contributed by atoms with Crippen LogP contribution in [0.25, 0.3) is 0 Å². The maximum absolute atomic E-state index is 13.8. The Hall–Kier alpha value is -2.81. The minimum atomic E-state index is -4.02. The molecule has 2 aliphatic rings. The highest BCUT2D eigenvalue weighted by Gasteiger charge is 2.32. The zero-order valence-electron chi connectivity index (χ0n) is 15.6. The number of hydrogen-bond acceptors (Lipinski definition) is 5. The standard InChI is InChI=1S/C20H21FN2O5S/c21-15-6-2-3-7-16(15)22-29(25,26)14-8-9-17-18(12-14)27-13-19(28-17)20(24)23-10-4-1-5-11-23/h2-3,6-9,12,19,22H,1,4-5,10-11,13H2/t19-/m1/s1. The average molecular weight is 420 g/mol. The quantitative estimate of drug-likeness (QED) is 0.822. The number of likely N-dealkylation sites (tertiary alicyclic amines) is 1. The molecule has 0 aromatic heterocycles. The molecule has 4 rings (SSSR count). The van der Waals surface area contributed by atoms with E-state index in [9.17, 15) is 17.6 Å². The monoisotopic (exact) mass is 420 g/mol. The number of rotatable bonds is 4. The lowest BCUT2D eigenvalue weighted by Gasteiger charge is -2.32. The molecule has 2 aromatic rings. The molecule has 154 valence electrons. The Balaban J connectivity index is 1.50. The molecule has 9 heteroatoms. The van der Waals surface area contributed by atoms with Gasteiger partial charge in [0.1, 0.15) is 12.4 Å². The maximum Gasteiger partial charge on any atom is 0.267 e. The topological polar surface area (TPSA) is 84.9 Å². The van der Waals surface area contributed by atoms with Gasteiger partial charge in [0.05, 0.1) is 10.6 Å². The molecule has 0 radical (unpaired) electrons. The lowest BCUT2D eigenvalue weighted by molar-refractivity contribution is -0.142.